The van der Waals surface area contributed by atoms with Crippen LogP contribution >= 0.6 is 0 Å². The summed E-state index contributed by atoms with van der Waals surface area (Å²) in [5.41, 5.74) is 0.877. The van der Waals surface area contributed by atoms with Crippen molar-refractivity contribution in [3.63, 3.8) is 0 Å². The first-order valence-electron chi connectivity index (χ1n) is 8.60. The Kier molecular flexibility index (Phi) is 5.40. The molecule has 1 aromatic heterocycles. The fraction of sp³-hybridized carbons (Fsp3) is 0.647. The van der Waals surface area contributed by atoms with Crippen LogP contribution in [-0.4, -0.2) is 64.4 Å². The molecule has 0 bridgehead atoms. The molecule has 3 rings (SSSR count). The van der Waals surface area contributed by atoms with E-state index in [2.05, 4.69) is 9.97 Å². The molecule has 1 unspecified atom stereocenters. The summed E-state index contributed by atoms with van der Waals surface area (Å²) in [6.07, 6.45) is 4.91. The Morgan fingerprint density at radius 1 is 1.33 bits per heavy atom. The smallest absolute Gasteiger partial charge is 0.242 e. The minimum absolute atomic E-state index is 0.0220. The van der Waals surface area contributed by atoms with Gasteiger partial charge in [-0.05, 0) is 25.8 Å². The summed E-state index contributed by atoms with van der Waals surface area (Å²) in [5.74, 6) is 0.678. The molecule has 1 atom stereocenters. The largest absolute Gasteiger partial charge is 0.367 e. The molecule has 2 fully saturated rings. The molecule has 2 aliphatic rings. The monoisotopic (exact) mass is 332 g/mol. The SMILES string of the molecule is Cc1ccnc(C2CN(C(=O)CN3CCCCCC3=O)CCO2)n1. The molecule has 2 aliphatic heterocycles. The van der Waals surface area contributed by atoms with Crippen LogP contribution in [0.5, 0.6) is 0 Å². The Bertz CT molecular complexity index is 607. The maximum atomic E-state index is 12.6. The molecule has 0 aromatic carbocycles. The van der Waals surface area contributed by atoms with Gasteiger partial charge in [0.15, 0.2) is 5.82 Å². The van der Waals surface area contributed by atoms with Crippen LogP contribution in [0, 0.1) is 6.92 Å². The summed E-state index contributed by atoms with van der Waals surface area (Å²) in [4.78, 5) is 36.8. The van der Waals surface area contributed by atoms with E-state index < -0.39 is 0 Å². The molecule has 0 radical (unpaired) electrons. The van der Waals surface area contributed by atoms with Gasteiger partial charge in [0, 0.05) is 31.4 Å². The number of aromatic nitrogens is 2. The molecule has 2 saturated heterocycles. The molecule has 2 amide bonds. The number of carbonyl (C=O) groups is 2. The molecule has 0 spiro atoms. The lowest BCUT2D eigenvalue weighted by Crippen LogP contribution is -2.48. The van der Waals surface area contributed by atoms with Gasteiger partial charge in [-0.2, -0.15) is 0 Å². The van der Waals surface area contributed by atoms with Gasteiger partial charge in [-0.3, -0.25) is 9.59 Å². The van der Waals surface area contributed by atoms with E-state index in [1.54, 1.807) is 16.0 Å². The highest BCUT2D eigenvalue weighted by molar-refractivity contribution is 5.85. The van der Waals surface area contributed by atoms with E-state index >= 15 is 0 Å². The fourth-order valence-corrected chi connectivity index (χ4v) is 3.12. The van der Waals surface area contributed by atoms with Crippen molar-refractivity contribution in [3.8, 4) is 0 Å². The average Bonchev–Trinajstić information content (AvgIpc) is 2.80. The van der Waals surface area contributed by atoms with Crippen LogP contribution in [-0.2, 0) is 14.3 Å². The molecule has 3 heterocycles. The molecule has 0 N–H and O–H groups in total. The quantitative estimate of drug-likeness (QED) is 0.828. The summed E-state index contributed by atoms with van der Waals surface area (Å²) >= 11 is 0. The summed E-state index contributed by atoms with van der Waals surface area (Å²) in [6.45, 7) is 4.19. The van der Waals surface area contributed by atoms with Gasteiger partial charge in [0.05, 0.1) is 19.7 Å². The second-order valence-corrected chi connectivity index (χ2v) is 6.38. The number of likely N-dealkylation sites (tertiary alicyclic amines) is 1. The van der Waals surface area contributed by atoms with E-state index in [4.69, 9.17) is 4.74 Å². The van der Waals surface area contributed by atoms with E-state index in [0.29, 0.717) is 38.5 Å². The Labute approximate surface area is 142 Å². The molecule has 1 aromatic rings. The molecule has 0 aliphatic carbocycles. The van der Waals surface area contributed by atoms with E-state index in [1.807, 2.05) is 13.0 Å². The Balaban J connectivity index is 1.61. The molecular formula is C17H24N4O3. The van der Waals surface area contributed by atoms with Crippen molar-refractivity contribution in [2.24, 2.45) is 0 Å². The number of aryl methyl sites for hydroxylation is 1. The highest BCUT2D eigenvalue weighted by Gasteiger charge is 2.29. The van der Waals surface area contributed by atoms with Gasteiger partial charge in [-0.15, -0.1) is 0 Å². The van der Waals surface area contributed by atoms with Crippen LogP contribution < -0.4 is 0 Å². The van der Waals surface area contributed by atoms with Crippen molar-refractivity contribution in [2.75, 3.05) is 32.8 Å². The van der Waals surface area contributed by atoms with Gasteiger partial charge in [-0.1, -0.05) is 6.42 Å². The van der Waals surface area contributed by atoms with Gasteiger partial charge in [-0.25, -0.2) is 9.97 Å². The third-order valence-electron chi connectivity index (χ3n) is 4.52. The average molecular weight is 332 g/mol. The van der Waals surface area contributed by atoms with E-state index in [0.717, 1.165) is 25.0 Å². The fourth-order valence-electron chi connectivity index (χ4n) is 3.12. The van der Waals surface area contributed by atoms with Crippen LogP contribution in [0.25, 0.3) is 0 Å². The first-order chi connectivity index (χ1) is 11.6. The molecule has 7 heteroatoms. The topological polar surface area (TPSA) is 75.6 Å². The molecular weight excluding hydrogens is 308 g/mol. The lowest BCUT2D eigenvalue weighted by atomic mass is 10.2. The van der Waals surface area contributed by atoms with Crippen LogP contribution in [0.15, 0.2) is 12.3 Å². The zero-order valence-corrected chi connectivity index (χ0v) is 14.1. The lowest BCUT2D eigenvalue weighted by molar-refractivity contribution is -0.145. The second kappa shape index (κ2) is 7.70. The minimum atomic E-state index is -0.303. The third kappa shape index (κ3) is 4.08. The Morgan fingerprint density at radius 3 is 3.04 bits per heavy atom. The van der Waals surface area contributed by atoms with Crippen molar-refractivity contribution in [3.05, 3.63) is 23.8 Å². The van der Waals surface area contributed by atoms with Crippen LogP contribution in [0.3, 0.4) is 0 Å². The van der Waals surface area contributed by atoms with Gasteiger partial charge in [0.25, 0.3) is 0 Å². The maximum Gasteiger partial charge on any atom is 0.242 e. The normalized spacial score (nSPS) is 22.4. The molecule has 130 valence electrons. The molecule has 0 saturated carbocycles. The zero-order chi connectivity index (χ0) is 16.9. The Hall–Kier alpha value is -2.02. The van der Waals surface area contributed by atoms with Crippen molar-refractivity contribution >= 4 is 11.8 Å². The van der Waals surface area contributed by atoms with Crippen LogP contribution in [0.4, 0.5) is 0 Å². The standard InChI is InChI=1S/C17H24N4O3/c1-13-6-7-18-17(19-13)14-11-21(9-10-24-14)16(23)12-20-8-4-2-3-5-15(20)22/h6-7,14H,2-5,8-12H2,1H3. The Morgan fingerprint density at radius 2 is 2.21 bits per heavy atom. The van der Waals surface area contributed by atoms with Gasteiger partial charge < -0.3 is 14.5 Å². The summed E-state index contributed by atoms with van der Waals surface area (Å²) < 4.78 is 5.73. The van der Waals surface area contributed by atoms with Crippen molar-refractivity contribution in [2.45, 2.75) is 38.7 Å². The number of amides is 2. The maximum absolute atomic E-state index is 12.6. The van der Waals surface area contributed by atoms with E-state index in [9.17, 15) is 9.59 Å². The molecule has 7 nitrogen and oxygen atoms in total. The number of morpholine rings is 1. The summed E-state index contributed by atoms with van der Waals surface area (Å²) in [5, 5.41) is 0. The zero-order valence-electron chi connectivity index (χ0n) is 14.1. The second-order valence-electron chi connectivity index (χ2n) is 6.38. The highest BCUT2D eigenvalue weighted by atomic mass is 16.5. The number of hydrogen-bond donors (Lipinski definition) is 0. The first kappa shape index (κ1) is 16.8. The van der Waals surface area contributed by atoms with Crippen molar-refractivity contribution in [1.29, 1.82) is 0 Å². The van der Waals surface area contributed by atoms with E-state index in [1.165, 1.54) is 0 Å². The molecule has 24 heavy (non-hydrogen) atoms. The summed E-state index contributed by atoms with van der Waals surface area (Å²) in [6, 6.07) is 1.83. The van der Waals surface area contributed by atoms with Gasteiger partial charge in [0.2, 0.25) is 11.8 Å². The van der Waals surface area contributed by atoms with E-state index in [-0.39, 0.29) is 24.5 Å². The number of nitrogens with zero attached hydrogens (tertiary/aromatic N) is 4. The number of carbonyl (C=O) groups excluding carboxylic acids is 2. The van der Waals surface area contributed by atoms with Crippen molar-refractivity contribution in [1.82, 2.24) is 19.8 Å². The number of hydrogen-bond acceptors (Lipinski definition) is 5. The predicted octanol–water partition coefficient (Wildman–Crippen LogP) is 1.09. The number of rotatable bonds is 3. The van der Waals surface area contributed by atoms with Gasteiger partial charge >= 0.3 is 0 Å². The lowest BCUT2D eigenvalue weighted by Gasteiger charge is -2.33. The first-order valence-corrected chi connectivity index (χ1v) is 8.60. The minimum Gasteiger partial charge on any atom is -0.367 e. The van der Waals surface area contributed by atoms with Crippen molar-refractivity contribution < 1.29 is 14.3 Å². The highest BCUT2D eigenvalue weighted by Crippen LogP contribution is 2.20. The summed E-state index contributed by atoms with van der Waals surface area (Å²) in [7, 11) is 0. The third-order valence-corrected chi connectivity index (χ3v) is 4.52. The van der Waals surface area contributed by atoms with Crippen LogP contribution in [0.1, 0.15) is 43.3 Å². The van der Waals surface area contributed by atoms with Crippen LogP contribution in [0.2, 0.25) is 0 Å². The predicted molar refractivity (Wildman–Crippen MR) is 87.1 cm³/mol. The van der Waals surface area contributed by atoms with Gasteiger partial charge in [0.1, 0.15) is 6.10 Å². The number of ether oxygens (including phenoxy) is 1.